The number of rotatable bonds is 5. The molecule has 1 fully saturated rings. The van der Waals surface area contributed by atoms with E-state index >= 15 is 0 Å². The minimum Gasteiger partial charge on any atom is -0.347 e. The van der Waals surface area contributed by atoms with Crippen molar-refractivity contribution in [2.24, 2.45) is 11.7 Å². The standard InChI is InChI=1S/C16H22N2/c17-10-4-7-14-12-18(11-13-5-3-6-13)16-9-2-1-8-15(14)16/h1-2,8-9,12-13H,3-7,10-11,17H2. The quantitative estimate of drug-likeness (QED) is 0.856. The first-order chi connectivity index (χ1) is 8.88. The Balaban J connectivity index is 1.91. The maximum atomic E-state index is 5.63. The van der Waals surface area contributed by atoms with E-state index in [0.717, 1.165) is 25.3 Å². The van der Waals surface area contributed by atoms with Crippen molar-refractivity contribution in [3.05, 3.63) is 36.0 Å². The van der Waals surface area contributed by atoms with Gasteiger partial charge in [-0.2, -0.15) is 0 Å². The van der Waals surface area contributed by atoms with Gasteiger partial charge >= 0.3 is 0 Å². The molecule has 0 unspecified atom stereocenters. The molecule has 3 rings (SSSR count). The topological polar surface area (TPSA) is 30.9 Å². The lowest BCUT2D eigenvalue weighted by atomic mass is 9.85. The predicted octanol–water partition coefficient (Wildman–Crippen LogP) is 3.33. The molecule has 2 heteroatoms. The minimum absolute atomic E-state index is 0.780. The number of para-hydroxylation sites is 1. The normalized spacial score (nSPS) is 16.1. The largest absolute Gasteiger partial charge is 0.347 e. The second kappa shape index (κ2) is 5.15. The van der Waals surface area contributed by atoms with E-state index in [1.54, 1.807) is 0 Å². The number of aryl methyl sites for hydroxylation is 1. The second-order valence-electron chi connectivity index (χ2n) is 5.51. The van der Waals surface area contributed by atoms with Gasteiger partial charge in [0.1, 0.15) is 0 Å². The molecule has 0 amide bonds. The number of hydrogen-bond donors (Lipinski definition) is 1. The van der Waals surface area contributed by atoms with E-state index in [-0.39, 0.29) is 0 Å². The highest BCUT2D eigenvalue weighted by atomic mass is 15.0. The highest BCUT2D eigenvalue weighted by Gasteiger charge is 2.19. The van der Waals surface area contributed by atoms with Crippen LogP contribution in [-0.2, 0) is 13.0 Å². The van der Waals surface area contributed by atoms with Gasteiger partial charge in [-0.25, -0.2) is 0 Å². The Hall–Kier alpha value is -1.28. The molecule has 0 atom stereocenters. The Morgan fingerprint density at radius 3 is 2.78 bits per heavy atom. The lowest BCUT2D eigenvalue weighted by molar-refractivity contribution is 0.279. The molecule has 0 bridgehead atoms. The van der Waals surface area contributed by atoms with Gasteiger partial charge in [0, 0.05) is 23.6 Å². The van der Waals surface area contributed by atoms with Gasteiger partial charge in [-0.3, -0.25) is 0 Å². The molecule has 1 aliphatic carbocycles. The summed E-state index contributed by atoms with van der Waals surface area (Å²) < 4.78 is 2.46. The highest BCUT2D eigenvalue weighted by Crippen LogP contribution is 2.30. The minimum atomic E-state index is 0.780. The third-order valence-corrected chi connectivity index (χ3v) is 4.20. The lowest BCUT2D eigenvalue weighted by Gasteiger charge is -2.26. The van der Waals surface area contributed by atoms with Crippen LogP contribution in [0.15, 0.2) is 30.5 Å². The Morgan fingerprint density at radius 1 is 1.22 bits per heavy atom. The molecule has 1 saturated carbocycles. The van der Waals surface area contributed by atoms with Crippen LogP contribution in [0, 0.1) is 5.92 Å². The van der Waals surface area contributed by atoms with Crippen molar-refractivity contribution in [2.45, 2.75) is 38.6 Å². The first-order valence-electron chi connectivity index (χ1n) is 7.15. The maximum Gasteiger partial charge on any atom is 0.0483 e. The van der Waals surface area contributed by atoms with Crippen molar-refractivity contribution in [2.75, 3.05) is 6.54 Å². The molecule has 0 spiro atoms. The number of nitrogens with zero attached hydrogens (tertiary/aromatic N) is 1. The van der Waals surface area contributed by atoms with Crippen LogP contribution in [-0.4, -0.2) is 11.1 Å². The average Bonchev–Trinajstić information content (AvgIpc) is 2.70. The van der Waals surface area contributed by atoms with Crippen molar-refractivity contribution >= 4 is 10.9 Å². The van der Waals surface area contributed by atoms with Crippen LogP contribution in [0.25, 0.3) is 10.9 Å². The van der Waals surface area contributed by atoms with Crippen molar-refractivity contribution in [1.82, 2.24) is 4.57 Å². The summed E-state index contributed by atoms with van der Waals surface area (Å²) in [6, 6.07) is 8.78. The Kier molecular flexibility index (Phi) is 3.37. The Morgan fingerprint density at radius 2 is 2.06 bits per heavy atom. The van der Waals surface area contributed by atoms with Crippen molar-refractivity contribution in [3.63, 3.8) is 0 Å². The van der Waals surface area contributed by atoms with Gasteiger partial charge in [0.2, 0.25) is 0 Å². The van der Waals surface area contributed by atoms with Crippen LogP contribution in [0.1, 0.15) is 31.2 Å². The number of hydrogen-bond acceptors (Lipinski definition) is 1. The van der Waals surface area contributed by atoms with E-state index < -0.39 is 0 Å². The second-order valence-corrected chi connectivity index (χ2v) is 5.51. The zero-order chi connectivity index (χ0) is 12.4. The predicted molar refractivity (Wildman–Crippen MR) is 76.7 cm³/mol. The van der Waals surface area contributed by atoms with Crippen LogP contribution < -0.4 is 5.73 Å². The fourth-order valence-electron chi connectivity index (χ4n) is 2.92. The maximum absolute atomic E-state index is 5.63. The zero-order valence-electron chi connectivity index (χ0n) is 10.9. The van der Waals surface area contributed by atoms with E-state index in [0.29, 0.717) is 0 Å². The van der Waals surface area contributed by atoms with Crippen molar-refractivity contribution < 1.29 is 0 Å². The van der Waals surface area contributed by atoms with Gasteiger partial charge in [0.05, 0.1) is 0 Å². The van der Waals surface area contributed by atoms with Crippen LogP contribution in [0.4, 0.5) is 0 Å². The SMILES string of the molecule is NCCCc1cn(CC2CCC2)c2ccccc12. The summed E-state index contributed by atoms with van der Waals surface area (Å²) in [6.07, 6.45) is 8.78. The molecule has 18 heavy (non-hydrogen) atoms. The molecule has 1 heterocycles. The number of fused-ring (bicyclic) bond motifs is 1. The molecule has 1 aromatic carbocycles. The van der Waals surface area contributed by atoms with E-state index in [9.17, 15) is 0 Å². The average molecular weight is 242 g/mol. The monoisotopic (exact) mass is 242 g/mol. The van der Waals surface area contributed by atoms with E-state index in [1.807, 2.05) is 0 Å². The molecule has 1 aromatic heterocycles. The number of aromatic nitrogens is 1. The Labute approximate surface area is 109 Å². The number of benzene rings is 1. The van der Waals surface area contributed by atoms with Gasteiger partial charge in [-0.05, 0) is 49.8 Å². The van der Waals surface area contributed by atoms with E-state index in [1.165, 1.54) is 42.3 Å². The van der Waals surface area contributed by atoms with Gasteiger partial charge < -0.3 is 10.3 Å². The summed E-state index contributed by atoms with van der Waals surface area (Å²) in [5.41, 5.74) is 8.50. The molecule has 2 aromatic rings. The summed E-state index contributed by atoms with van der Waals surface area (Å²) in [6.45, 7) is 1.98. The van der Waals surface area contributed by atoms with Crippen LogP contribution in [0.5, 0.6) is 0 Å². The molecule has 0 radical (unpaired) electrons. The molecule has 2 nitrogen and oxygen atoms in total. The van der Waals surface area contributed by atoms with Crippen molar-refractivity contribution in [1.29, 1.82) is 0 Å². The van der Waals surface area contributed by atoms with Gasteiger partial charge in [-0.1, -0.05) is 24.6 Å². The lowest BCUT2D eigenvalue weighted by Crippen LogP contribution is -2.17. The molecular weight excluding hydrogens is 220 g/mol. The third kappa shape index (κ3) is 2.17. The zero-order valence-corrected chi connectivity index (χ0v) is 10.9. The number of nitrogens with two attached hydrogens (primary N) is 1. The molecular formula is C16H22N2. The third-order valence-electron chi connectivity index (χ3n) is 4.20. The molecule has 1 aliphatic rings. The van der Waals surface area contributed by atoms with Crippen LogP contribution in [0.2, 0.25) is 0 Å². The van der Waals surface area contributed by atoms with E-state index in [2.05, 4.69) is 35.0 Å². The van der Waals surface area contributed by atoms with Gasteiger partial charge in [0.15, 0.2) is 0 Å². The van der Waals surface area contributed by atoms with Crippen molar-refractivity contribution in [3.8, 4) is 0 Å². The summed E-state index contributed by atoms with van der Waals surface area (Å²) in [5, 5.41) is 1.42. The molecule has 0 saturated heterocycles. The molecule has 0 aliphatic heterocycles. The fourth-order valence-corrected chi connectivity index (χ4v) is 2.92. The molecule has 2 N–H and O–H groups in total. The summed E-state index contributed by atoms with van der Waals surface area (Å²) in [5.74, 6) is 0.906. The summed E-state index contributed by atoms with van der Waals surface area (Å²) in [4.78, 5) is 0. The summed E-state index contributed by atoms with van der Waals surface area (Å²) >= 11 is 0. The van der Waals surface area contributed by atoms with E-state index in [4.69, 9.17) is 5.73 Å². The summed E-state index contributed by atoms with van der Waals surface area (Å²) in [7, 11) is 0. The first kappa shape index (κ1) is 11.8. The highest BCUT2D eigenvalue weighted by molar-refractivity contribution is 5.84. The van der Waals surface area contributed by atoms with Crippen LogP contribution >= 0.6 is 0 Å². The smallest absolute Gasteiger partial charge is 0.0483 e. The molecule has 96 valence electrons. The van der Waals surface area contributed by atoms with Gasteiger partial charge in [0.25, 0.3) is 0 Å². The fraction of sp³-hybridized carbons (Fsp3) is 0.500. The Bertz CT molecular complexity index is 523. The van der Waals surface area contributed by atoms with Crippen LogP contribution in [0.3, 0.4) is 0 Å². The van der Waals surface area contributed by atoms with Gasteiger partial charge in [-0.15, -0.1) is 0 Å². The first-order valence-corrected chi connectivity index (χ1v) is 7.15.